The van der Waals surface area contributed by atoms with Gasteiger partial charge >= 0.3 is 0 Å². The molecule has 34 heavy (non-hydrogen) atoms. The molecule has 0 saturated carbocycles. The van der Waals surface area contributed by atoms with Crippen molar-refractivity contribution in [3.63, 3.8) is 0 Å². The highest BCUT2D eigenvalue weighted by Gasteiger charge is 2.12. The summed E-state index contributed by atoms with van der Waals surface area (Å²) < 4.78 is 4.92. The van der Waals surface area contributed by atoms with Crippen molar-refractivity contribution in [3.05, 3.63) is 76.4 Å². The molecule has 0 aliphatic heterocycles. The molecule has 1 aromatic carbocycles. The van der Waals surface area contributed by atoms with E-state index in [4.69, 9.17) is 16.6 Å². The lowest BCUT2D eigenvalue weighted by Gasteiger charge is -2.07. The van der Waals surface area contributed by atoms with Gasteiger partial charge in [-0.05, 0) is 29.8 Å². The van der Waals surface area contributed by atoms with Crippen molar-refractivity contribution in [2.24, 2.45) is 19.8 Å². The summed E-state index contributed by atoms with van der Waals surface area (Å²) in [7, 11) is 3.75. The first kappa shape index (κ1) is 21.5. The van der Waals surface area contributed by atoms with E-state index in [2.05, 4.69) is 26.2 Å². The third-order valence-electron chi connectivity index (χ3n) is 5.39. The molecule has 10 nitrogen and oxygen atoms in total. The van der Waals surface area contributed by atoms with Gasteiger partial charge in [-0.1, -0.05) is 17.4 Å². The van der Waals surface area contributed by atoms with Crippen LogP contribution in [-0.2, 0) is 20.5 Å². The fourth-order valence-electron chi connectivity index (χ4n) is 3.61. The van der Waals surface area contributed by atoms with Gasteiger partial charge < -0.3 is 10.3 Å². The van der Waals surface area contributed by atoms with Gasteiger partial charge in [0, 0.05) is 49.4 Å². The van der Waals surface area contributed by atoms with Gasteiger partial charge in [0.2, 0.25) is 4.80 Å². The molecule has 0 saturated heterocycles. The largest absolute Gasteiger partial charge is 0.396 e. The van der Waals surface area contributed by atoms with Gasteiger partial charge in [0.05, 0.1) is 35.6 Å². The van der Waals surface area contributed by atoms with Crippen molar-refractivity contribution in [3.8, 4) is 11.1 Å². The third kappa shape index (κ3) is 4.16. The van der Waals surface area contributed by atoms with Crippen LogP contribution in [0.4, 0.5) is 0 Å². The van der Waals surface area contributed by atoms with Crippen LogP contribution in [0, 0.1) is 10.8 Å². The zero-order valence-corrected chi connectivity index (χ0v) is 19.4. The molecule has 0 atom stereocenters. The maximum absolute atomic E-state index is 8.57. The van der Waals surface area contributed by atoms with E-state index in [0.29, 0.717) is 17.1 Å². The molecule has 4 heterocycles. The fraction of sp³-hybridized carbons (Fsp3) is 0.130. The molecule has 0 aliphatic rings. The molecule has 0 fully saturated rings. The van der Waals surface area contributed by atoms with E-state index in [9.17, 15) is 0 Å². The molecular formula is C23H22N10S. The molecule has 0 amide bonds. The Bertz CT molecular complexity index is 1610. The van der Waals surface area contributed by atoms with Gasteiger partial charge in [0.15, 0.2) is 5.01 Å². The van der Waals surface area contributed by atoms with Crippen LogP contribution in [0.5, 0.6) is 0 Å². The Hall–Kier alpha value is -4.38. The molecule has 11 heteroatoms. The third-order valence-corrected chi connectivity index (χ3v) is 6.27. The smallest absolute Gasteiger partial charge is 0.206 e. The van der Waals surface area contributed by atoms with Crippen LogP contribution in [0.1, 0.15) is 16.3 Å². The van der Waals surface area contributed by atoms with Crippen molar-refractivity contribution in [2.45, 2.75) is 6.42 Å². The lowest BCUT2D eigenvalue weighted by molar-refractivity contribution is 0.768. The van der Waals surface area contributed by atoms with Crippen molar-refractivity contribution in [1.82, 2.24) is 34.1 Å². The number of benzene rings is 1. The number of nitrogens with two attached hydrogens (primary N) is 1. The number of aryl methyl sites for hydroxylation is 2. The first-order valence-corrected chi connectivity index (χ1v) is 11.2. The molecule has 0 unspecified atom stereocenters. The molecule has 4 N–H and O–H groups in total. The Morgan fingerprint density at radius 3 is 2.74 bits per heavy atom. The van der Waals surface area contributed by atoms with Gasteiger partial charge in [0.25, 0.3) is 0 Å². The SMILES string of the molecule is Cn1cc(-c2cnc3ccc(CC(=N)n4nc(/C(N)=C/c5cncn5C)sc4=N)cc3c2)cn1. The van der Waals surface area contributed by atoms with E-state index in [1.54, 1.807) is 23.3 Å². The number of imidazole rings is 1. The Morgan fingerprint density at radius 1 is 1.15 bits per heavy atom. The van der Waals surface area contributed by atoms with Crippen LogP contribution in [0.3, 0.4) is 0 Å². The van der Waals surface area contributed by atoms with Crippen LogP contribution in [0.25, 0.3) is 33.8 Å². The van der Waals surface area contributed by atoms with Crippen LogP contribution in [-0.4, -0.2) is 39.9 Å². The summed E-state index contributed by atoms with van der Waals surface area (Å²) in [5.41, 5.74) is 11.2. The number of nitrogens with zero attached hydrogens (tertiary/aromatic N) is 7. The topological polar surface area (TPSA) is 140 Å². The van der Waals surface area contributed by atoms with Crippen LogP contribution in [0.15, 0.2) is 55.4 Å². The summed E-state index contributed by atoms with van der Waals surface area (Å²) in [5, 5.41) is 27.0. The minimum absolute atomic E-state index is 0.141. The quantitative estimate of drug-likeness (QED) is 0.268. The standard InChI is InChI=1S/C23H22N10S/c1-31-13-27-11-18(31)8-19(24)22-30-33(23(26)34-22)21(25)6-14-3-4-20-15(5-14)7-16(9-28-20)17-10-29-32(2)12-17/h3-5,7-13,25-26H,6,24H2,1-2H3/b19-8-,25-21?,26-23?. The molecular weight excluding hydrogens is 448 g/mol. The predicted molar refractivity (Wildman–Crippen MR) is 132 cm³/mol. The van der Waals surface area contributed by atoms with Gasteiger partial charge in [-0.2, -0.15) is 14.9 Å². The van der Waals surface area contributed by atoms with Gasteiger partial charge in [-0.15, -0.1) is 0 Å². The number of pyridine rings is 1. The first-order valence-electron chi connectivity index (χ1n) is 10.4. The molecule has 4 aromatic heterocycles. The monoisotopic (exact) mass is 470 g/mol. The second-order valence-electron chi connectivity index (χ2n) is 7.93. The highest BCUT2D eigenvalue weighted by molar-refractivity contribution is 7.10. The minimum Gasteiger partial charge on any atom is -0.396 e. The Labute approximate surface area is 198 Å². The Morgan fingerprint density at radius 2 is 2.00 bits per heavy atom. The average molecular weight is 471 g/mol. The number of rotatable bonds is 5. The first-order chi connectivity index (χ1) is 16.4. The summed E-state index contributed by atoms with van der Waals surface area (Å²) in [6, 6.07) is 7.98. The van der Waals surface area contributed by atoms with Crippen LogP contribution >= 0.6 is 11.3 Å². The summed E-state index contributed by atoms with van der Waals surface area (Å²) >= 11 is 1.13. The normalized spacial score (nSPS) is 11.9. The van der Waals surface area contributed by atoms with E-state index in [1.807, 2.05) is 55.5 Å². The zero-order valence-electron chi connectivity index (χ0n) is 18.6. The lowest BCUT2D eigenvalue weighted by Crippen LogP contribution is -2.25. The number of aromatic nitrogens is 7. The van der Waals surface area contributed by atoms with E-state index in [-0.39, 0.29) is 10.6 Å². The van der Waals surface area contributed by atoms with Gasteiger partial charge in [-0.25, -0.2) is 4.98 Å². The Kier molecular flexibility index (Phi) is 5.38. The molecule has 0 bridgehead atoms. The average Bonchev–Trinajstić information content (AvgIpc) is 3.53. The van der Waals surface area contributed by atoms with Crippen molar-refractivity contribution < 1.29 is 0 Å². The summed E-state index contributed by atoms with van der Waals surface area (Å²) in [5.74, 6) is 0.191. The molecule has 0 spiro atoms. The lowest BCUT2D eigenvalue weighted by atomic mass is 10.0. The number of nitrogens with one attached hydrogen (secondary N) is 2. The van der Waals surface area contributed by atoms with Crippen molar-refractivity contribution in [2.75, 3.05) is 0 Å². The Balaban J connectivity index is 1.39. The van der Waals surface area contributed by atoms with Gasteiger partial charge in [0.1, 0.15) is 5.84 Å². The second kappa shape index (κ2) is 8.52. The van der Waals surface area contributed by atoms with Crippen LogP contribution in [0.2, 0.25) is 0 Å². The fourth-order valence-corrected chi connectivity index (χ4v) is 4.33. The molecule has 170 valence electrons. The van der Waals surface area contributed by atoms with E-state index < -0.39 is 0 Å². The summed E-state index contributed by atoms with van der Waals surface area (Å²) in [4.78, 5) is 8.77. The second-order valence-corrected chi connectivity index (χ2v) is 8.91. The minimum atomic E-state index is 0.141. The zero-order chi connectivity index (χ0) is 23.8. The predicted octanol–water partition coefficient (Wildman–Crippen LogP) is 2.63. The van der Waals surface area contributed by atoms with Gasteiger partial charge in [-0.3, -0.25) is 20.5 Å². The van der Waals surface area contributed by atoms with E-state index >= 15 is 0 Å². The summed E-state index contributed by atoms with van der Waals surface area (Å²) in [6.07, 6.45) is 11.1. The summed E-state index contributed by atoms with van der Waals surface area (Å²) in [6.45, 7) is 0. The molecule has 5 aromatic rings. The number of hydrogen-bond donors (Lipinski definition) is 3. The highest BCUT2D eigenvalue weighted by atomic mass is 32.1. The molecule has 5 rings (SSSR count). The maximum atomic E-state index is 8.57. The van der Waals surface area contributed by atoms with E-state index in [0.717, 1.165) is 44.6 Å². The van der Waals surface area contributed by atoms with Crippen LogP contribution < -0.4 is 10.5 Å². The number of hydrogen-bond acceptors (Lipinski definition) is 8. The van der Waals surface area contributed by atoms with Crippen molar-refractivity contribution in [1.29, 1.82) is 10.8 Å². The number of fused-ring (bicyclic) bond motifs is 1. The van der Waals surface area contributed by atoms with E-state index in [1.165, 1.54) is 4.68 Å². The van der Waals surface area contributed by atoms with Crippen molar-refractivity contribution >= 4 is 39.8 Å². The molecule has 0 radical (unpaired) electrons. The molecule has 0 aliphatic carbocycles. The maximum Gasteiger partial charge on any atom is 0.206 e. The highest BCUT2D eigenvalue weighted by Crippen LogP contribution is 2.23.